The van der Waals surface area contributed by atoms with Gasteiger partial charge in [-0.05, 0) is 37.8 Å². The van der Waals surface area contributed by atoms with Gasteiger partial charge in [-0.25, -0.2) is 9.97 Å². The summed E-state index contributed by atoms with van der Waals surface area (Å²) in [6, 6.07) is 9.06. The van der Waals surface area contributed by atoms with Gasteiger partial charge < -0.3 is 11.1 Å². The second-order valence-electron chi connectivity index (χ2n) is 6.90. The maximum Gasteiger partial charge on any atom is 0.393 e. The number of alkyl halides is 3. The molecule has 3 N–H and O–H groups in total. The van der Waals surface area contributed by atoms with Crippen molar-refractivity contribution >= 4 is 5.91 Å². The Morgan fingerprint density at radius 2 is 1.93 bits per heavy atom. The molecule has 0 bridgehead atoms. The molecule has 0 saturated carbocycles. The van der Waals surface area contributed by atoms with Crippen molar-refractivity contribution in [2.75, 3.05) is 6.54 Å². The Morgan fingerprint density at radius 3 is 2.48 bits per heavy atom. The Hall–Kier alpha value is -2.48. The molecule has 2 heterocycles. The monoisotopic (exact) mass is 378 g/mol. The van der Waals surface area contributed by atoms with Crippen LogP contribution in [-0.4, -0.2) is 34.6 Å². The maximum absolute atomic E-state index is 12.7. The summed E-state index contributed by atoms with van der Waals surface area (Å²) < 4.78 is 38.2. The summed E-state index contributed by atoms with van der Waals surface area (Å²) in [5, 5.41) is 3.00. The summed E-state index contributed by atoms with van der Waals surface area (Å²) in [4.78, 5) is 19.9. The van der Waals surface area contributed by atoms with Crippen molar-refractivity contribution in [2.45, 2.75) is 38.4 Å². The molecule has 8 heteroatoms. The topological polar surface area (TPSA) is 80.9 Å². The first-order valence-corrected chi connectivity index (χ1v) is 8.77. The molecule has 3 rings (SSSR count). The highest BCUT2D eigenvalue weighted by Gasteiger charge is 2.41. The van der Waals surface area contributed by atoms with Gasteiger partial charge in [-0.1, -0.05) is 24.3 Å². The number of benzene rings is 1. The number of hydrogen-bond acceptors (Lipinski definition) is 4. The van der Waals surface area contributed by atoms with E-state index in [4.69, 9.17) is 5.73 Å². The number of hydrogen-bond donors (Lipinski definition) is 2. The molecule has 1 aliphatic heterocycles. The second kappa shape index (κ2) is 7.64. The first-order valence-electron chi connectivity index (χ1n) is 8.77. The number of nitrogens with zero attached hydrogens (tertiary/aromatic N) is 2. The number of nitrogens with two attached hydrogens (primary N) is 1. The van der Waals surface area contributed by atoms with Crippen molar-refractivity contribution in [1.82, 2.24) is 15.3 Å². The summed E-state index contributed by atoms with van der Waals surface area (Å²) in [5.41, 5.74) is 7.86. The van der Waals surface area contributed by atoms with Crippen LogP contribution in [-0.2, 0) is 6.42 Å². The number of aryl methyl sites for hydroxylation is 1. The zero-order valence-electron chi connectivity index (χ0n) is 14.9. The van der Waals surface area contributed by atoms with Gasteiger partial charge in [-0.3, -0.25) is 4.79 Å². The highest BCUT2D eigenvalue weighted by Crippen LogP contribution is 2.32. The van der Waals surface area contributed by atoms with E-state index in [2.05, 4.69) is 15.3 Å². The molecule has 1 fully saturated rings. The van der Waals surface area contributed by atoms with Gasteiger partial charge in [0.2, 0.25) is 0 Å². The van der Waals surface area contributed by atoms with E-state index < -0.39 is 18.0 Å². The molecule has 144 valence electrons. The summed E-state index contributed by atoms with van der Waals surface area (Å²) in [5.74, 6) is -1.45. The molecule has 0 radical (unpaired) electrons. The van der Waals surface area contributed by atoms with Crippen LogP contribution in [0.1, 0.15) is 34.6 Å². The third kappa shape index (κ3) is 4.82. The molecule has 2 aromatic rings. The lowest BCUT2D eigenvalue weighted by Gasteiger charge is -2.31. The van der Waals surface area contributed by atoms with Gasteiger partial charge in [0.05, 0.1) is 5.92 Å². The van der Waals surface area contributed by atoms with Crippen molar-refractivity contribution in [1.29, 1.82) is 0 Å². The van der Waals surface area contributed by atoms with Crippen LogP contribution in [0.2, 0.25) is 0 Å². The first-order chi connectivity index (χ1) is 12.7. The first kappa shape index (κ1) is 19.3. The molecule has 1 aromatic carbocycles. The Balaban J connectivity index is 1.66. The van der Waals surface area contributed by atoms with Crippen LogP contribution in [0.25, 0.3) is 11.4 Å². The molecule has 1 saturated heterocycles. The van der Waals surface area contributed by atoms with Crippen LogP contribution in [0, 0.1) is 12.8 Å². The Morgan fingerprint density at radius 1 is 1.22 bits per heavy atom. The van der Waals surface area contributed by atoms with E-state index in [0.717, 1.165) is 11.1 Å². The minimum absolute atomic E-state index is 0.0285. The SMILES string of the molecule is Cc1cc(C(N)=O)nc(-c2ccc(CC3CCC(C(F)(F)F)CN3)cc2)n1. The lowest BCUT2D eigenvalue weighted by molar-refractivity contribution is -0.179. The summed E-state index contributed by atoms with van der Waals surface area (Å²) >= 11 is 0. The van der Waals surface area contributed by atoms with Crippen molar-refractivity contribution in [3.05, 3.63) is 47.3 Å². The molecular formula is C19H21F3N4O. The largest absolute Gasteiger partial charge is 0.393 e. The molecule has 2 atom stereocenters. The van der Waals surface area contributed by atoms with E-state index in [1.54, 1.807) is 6.92 Å². The number of nitrogens with one attached hydrogen (secondary N) is 1. The quantitative estimate of drug-likeness (QED) is 0.857. The van der Waals surface area contributed by atoms with E-state index in [0.29, 0.717) is 24.4 Å². The Kier molecular flexibility index (Phi) is 5.46. The third-order valence-electron chi connectivity index (χ3n) is 4.78. The molecule has 1 aliphatic rings. The minimum atomic E-state index is -4.13. The van der Waals surface area contributed by atoms with Crippen molar-refractivity contribution in [2.24, 2.45) is 11.7 Å². The van der Waals surface area contributed by atoms with Gasteiger partial charge in [-0.15, -0.1) is 0 Å². The smallest absolute Gasteiger partial charge is 0.364 e. The molecule has 1 aromatic heterocycles. The minimum Gasteiger partial charge on any atom is -0.364 e. The zero-order chi connectivity index (χ0) is 19.6. The van der Waals surface area contributed by atoms with Crippen LogP contribution in [0.15, 0.2) is 30.3 Å². The summed E-state index contributed by atoms with van der Waals surface area (Å²) in [6.45, 7) is 1.73. The van der Waals surface area contributed by atoms with Gasteiger partial charge in [0.25, 0.3) is 5.91 Å². The average Bonchev–Trinajstić information content (AvgIpc) is 2.61. The zero-order valence-corrected chi connectivity index (χ0v) is 14.9. The fourth-order valence-electron chi connectivity index (χ4n) is 3.27. The molecule has 5 nitrogen and oxygen atoms in total. The number of halogens is 3. The van der Waals surface area contributed by atoms with E-state index >= 15 is 0 Å². The van der Waals surface area contributed by atoms with Gasteiger partial charge >= 0.3 is 6.18 Å². The lowest BCUT2D eigenvalue weighted by atomic mass is 9.91. The fraction of sp³-hybridized carbons (Fsp3) is 0.421. The number of primary amides is 1. The van der Waals surface area contributed by atoms with E-state index in [9.17, 15) is 18.0 Å². The van der Waals surface area contributed by atoms with E-state index in [-0.39, 0.29) is 24.7 Å². The fourth-order valence-corrected chi connectivity index (χ4v) is 3.27. The highest BCUT2D eigenvalue weighted by atomic mass is 19.4. The van der Waals surface area contributed by atoms with Crippen LogP contribution < -0.4 is 11.1 Å². The summed E-state index contributed by atoms with van der Waals surface area (Å²) in [6.07, 6.45) is -2.82. The number of piperidine rings is 1. The second-order valence-corrected chi connectivity index (χ2v) is 6.90. The molecule has 0 spiro atoms. The van der Waals surface area contributed by atoms with E-state index in [1.807, 2.05) is 24.3 Å². The predicted molar refractivity (Wildman–Crippen MR) is 95.0 cm³/mol. The van der Waals surface area contributed by atoms with Crippen LogP contribution in [0.5, 0.6) is 0 Å². The standard InChI is InChI=1S/C19H21F3N4O/c1-11-8-16(17(23)27)26-18(25-11)13-4-2-12(3-5-13)9-15-7-6-14(10-24-15)19(20,21)22/h2-5,8,14-15,24H,6-7,9-10H2,1H3,(H2,23,27). The normalized spacial score (nSPS) is 20.4. The highest BCUT2D eigenvalue weighted by molar-refractivity contribution is 5.91. The number of rotatable bonds is 4. The van der Waals surface area contributed by atoms with Crippen molar-refractivity contribution in [3.63, 3.8) is 0 Å². The van der Waals surface area contributed by atoms with Crippen LogP contribution >= 0.6 is 0 Å². The third-order valence-corrected chi connectivity index (χ3v) is 4.78. The van der Waals surface area contributed by atoms with Crippen LogP contribution in [0.4, 0.5) is 13.2 Å². The van der Waals surface area contributed by atoms with Crippen molar-refractivity contribution in [3.8, 4) is 11.4 Å². The maximum atomic E-state index is 12.7. The Labute approximate surface area is 155 Å². The van der Waals surface area contributed by atoms with Gasteiger partial charge in [0.15, 0.2) is 5.82 Å². The summed E-state index contributed by atoms with van der Waals surface area (Å²) in [7, 11) is 0. The molecule has 0 aliphatic carbocycles. The number of amides is 1. The number of aromatic nitrogens is 2. The Bertz CT molecular complexity index is 813. The predicted octanol–water partition coefficient (Wildman–Crippen LogP) is 3.02. The molecular weight excluding hydrogens is 357 g/mol. The average molecular weight is 378 g/mol. The van der Waals surface area contributed by atoms with Crippen molar-refractivity contribution < 1.29 is 18.0 Å². The number of carbonyl (C=O) groups excluding carboxylic acids is 1. The van der Waals surface area contributed by atoms with Gasteiger partial charge in [0, 0.05) is 23.8 Å². The molecule has 1 amide bonds. The lowest BCUT2D eigenvalue weighted by Crippen LogP contribution is -2.45. The van der Waals surface area contributed by atoms with Crippen LogP contribution in [0.3, 0.4) is 0 Å². The van der Waals surface area contributed by atoms with Gasteiger partial charge in [-0.2, -0.15) is 13.2 Å². The molecule has 2 unspecified atom stereocenters. The van der Waals surface area contributed by atoms with E-state index in [1.165, 1.54) is 6.07 Å². The molecule has 27 heavy (non-hydrogen) atoms. The number of carbonyl (C=O) groups is 1. The van der Waals surface area contributed by atoms with Gasteiger partial charge in [0.1, 0.15) is 5.69 Å².